The molecule has 2 aliphatic heterocycles. The van der Waals surface area contributed by atoms with E-state index in [-0.39, 0.29) is 5.91 Å². The number of anilines is 3. The highest BCUT2D eigenvalue weighted by Crippen LogP contribution is 2.53. The molecule has 7 heteroatoms. The van der Waals surface area contributed by atoms with Gasteiger partial charge in [-0.15, -0.1) is 0 Å². The van der Waals surface area contributed by atoms with Crippen molar-refractivity contribution in [3.63, 3.8) is 0 Å². The predicted molar refractivity (Wildman–Crippen MR) is 117 cm³/mol. The summed E-state index contributed by atoms with van der Waals surface area (Å²) in [7, 11) is 0. The topological polar surface area (TPSA) is 74.2 Å². The molecule has 2 saturated heterocycles. The number of nitrogens with one attached hydrogen (secondary N) is 1. The van der Waals surface area contributed by atoms with Gasteiger partial charge in [-0.1, -0.05) is 0 Å². The molecule has 158 valence electrons. The minimum absolute atomic E-state index is 0.177. The van der Waals surface area contributed by atoms with E-state index in [1.54, 1.807) is 19.3 Å². The third-order valence-electron chi connectivity index (χ3n) is 7.00. The number of hydrogen-bond acceptors (Lipinski definition) is 6. The number of hydrogen-bond donors (Lipinski definition) is 1. The number of nitrogens with zero attached hydrogens (tertiary/aromatic N) is 5. The Labute approximate surface area is 177 Å². The maximum atomic E-state index is 11.7. The van der Waals surface area contributed by atoms with E-state index in [0.717, 1.165) is 56.4 Å². The second-order valence-corrected chi connectivity index (χ2v) is 9.26. The Bertz CT molecular complexity index is 931. The lowest BCUT2D eigenvalue weighted by Crippen LogP contribution is -2.36. The number of pyridine rings is 1. The molecular formula is C23H30N6O. The number of carbonyl (C=O) groups is 1. The SMILES string of the molecule is CC(=O)N1CCC(c2cc(Nc3cnc(C)cn3)nc(N3CCC4(CC4)C3)c2)CC1. The first-order valence-electron chi connectivity index (χ1n) is 11.1. The van der Waals surface area contributed by atoms with Crippen LogP contribution in [-0.4, -0.2) is 51.9 Å². The van der Waals surface area contributed by atoms with Gasteiger partial charge in [0.05, 0.1) is 18.1 Å². The molecule has 3 fully saturated rings. The molecule has 0 atom stereocenters. The quantitative estimate of drug-likeness (QED) is 0.836. The maximum absolute atomic E-state index is 11.7. The lowest BCUT2D eigenvalue weighted by molar-refractivity contribution is -0.129. The molecule has 1 N–H and O–H groups in total. The van der Waals surface area contributed by atoms with Crippen LogP contribution >= 0.6 is 0 Å². The van der Waals surface area contributed by atoms with E-state index in [2.05, 4.69) is 32.3 Å². The average molecular weight is 407 g/mol. The van der Waals surface area contributed by atoms with Gasteiger partial charge < -0.3 is 15.1 Å². The molecule has 30 heavy (non-hydrogen) atoms. The van der Waals surface area contributed by atoms with Crippen LogP contribution in [0.5, 0.6) is 0 Å². The van der Waals surface area contributed by atoms with Crippen LogP contribution < -0.4 is 10.2 Å². The van der Waals surface area contributed by atoms with Crippen LogP contribution in [0, 0.1) is 12.3 Å². The molecule has 4 heterocycles. The number of aromatic nitrogens is 3. The van der Waals surface area contributed by atoms with E-state index < -0.39 is 0 Å². The van der Waals surface area contributed by atoms with Gasteiger partial charge in [0.1, 0.15) is 17.5 Å². The zero-order valence-corrected chi connectivity index (χ0v) is 17.9. The van der Waals surface area contributed by atoms with E-state index in [9.17, 15) is 4.79 Å². The zero-order valence-electron chi connectivity index (χ0n) is 17.9. The second-order valence-electron chi connectivity index (χ2n) is 9.26. The van der Waals surface area contributed by atoms with Gasteiger partial charge in [0.15, 0.2) is 0 Å². The zero-order chi connectivity index (χ0) is 20.7. The summed E-state index contributed by atoms with van der Waals surface area (Å²) in [5.41, 5.74) is 2.76. The van der Waals surface area contributed by atoms with Gasteiger partial charge >= 0.3 is 0 Å². The van der Waals surface area contributed by atoms with Gasteiger partial charge in [-0.3, -0.25) is 9.78 Å². The van der Waals surface area contributed by atoms with Crippen molar-refractivity contribution in [1.29, 1.82) is 0 Å². The molecule has 0 bridgehead atoms. The van der Waals surface area contributed by atoms with Crippen LogP contribution in [0.2, 0.25) is 0 Å². The summed E-state index contributed by atoms with van der Waals surface area (Å²) in [6.07, 6.45) is 9.51. The highest BCUT2D eigenvalue weighted by Gasteiger charge is 2.48. The molecular weight excluding hydrogens is 376 g/mol. The van der Waals surface area contributed by atoms with Gasteiger partial charge in [-0.2, -0.15) is 0 Å². The van der Waals surface area contributed by atoms with Crippen molar-refractivity contribution in [3.05, 3.63) is 35.8 Å². The summed E-state index contributed by atoms with van der Waals surface area (Å²) >= 11 is 0. The van der Waals surface area contributed by atoms with Gasteiger partial charge in [-0.25, -0.2) is 9.97 Å². The largest absolute Gasteiger partial charge is 0.356 e. The van der Waals surface area contributed by atoms with Crippen molar-refractivity contribution in [1.82, 2.24) is 19.9 Å². The third kappa shape index (κ3) is 3.98. The molecule has 3 aliphatic rings. The molecule has 0 radical (unpaired) electrons. The molecule has 0 aromatic carbocycles. The number of carbonyl (C=O) groups excluding carboxylic acids is 1. The number of piperidine rings is 1. The second kappa shape index (κ2) is 7.52. The third-order valence-corrected chi connectivity index (χ3v) is 7.00. The number of amides is 1. The fraction of sp³-hybridized carbons (Fsp3) is 0.565. The van der Waals surface area contributed by atoms with E-state index in [4.69, 9.17) is 4.98 Å². The van der Waals surface area contributed by atoms with Crippen LogP contribution in [-0.2, 0) is 4.79 Å². The summed E-state index contributed by atoms with van der Waals surface area (Å²) in [6.45, 7) is 7.46. The van der Waals surface area contributed by atoms with E-state index >= 15 is 0 Å². The van der Waals surface area contributed by atoms with Crippen LogP contribution in [0.3, 0.4) is 0 Å². The van der Waals surface area contributed by atoms with Crippen molar-refractivity contribution in [2.24, 2.45) is 5.41 Å². The van der Waals surface area contributed by atoms with E-state index in [1.165, 1.54) is 24.8 Å². The predicted octanol–water partition coefficient (Wildman–Crippen LogP) is 3.64. The first-order valence-corrected chi connectivity index (χ1v) is 11.1. The molecule has 1 amide bonds. The van der Waals surface area contributed by atoms with Gasteiger partial charge in [-0.05, 0) is 68.1 Å². The van der Waals surface area contributed by atoms with Crippen molar-refractivity contribution in [2.45, 2.75) is 51.9 Å². The first kappa shape index (κ1) is 19.3. The summed E-state index contributed by atoms with van der Waals surface area (Å²) in [5, 5.41) is 3.36. The maximum Gasteiger partial charge on any atom is 0.219 e. The summed E-state index contributed by atoms with van der Waals surface area (Å²) in [4.78, 5) is 29.8. The Morgan fingerprint density at radius 2 is 1.87 bits per heavy atom. The first-order chi connectivity index (χ1) is 14.5. The number of rotatable bonds is 4. The number of likely N-dealkylation sites (tertiary alicyclic amines) is 1. The fourth-order valence-corrected chi connectivity index (χ4v) is 4.83. The van der Waals surface area contributed by atoms with Gasteiger partial charge in [0, 0.05) is 33.1 Å². The molecule has 1 aliphatic carbocycles. The van der Waals surface area contributed by atoms with Crippen molar-refractivity contribution in [2.75, 3.05) is 36.4 Å². The molecule has 2 aromatic rings. The average Bonchev–Trinajstić information content (AvgIpc) is 3.38. The van der Waals surface area contributed by atoms with Crippen LogP contribution in [0.15, 0.2) is 24.5 Å². The lowest BCUT2D eigenvalue weighted by atomic mass is 9.89. The number of aryl methyl sites for hydroxylation is 1. The molecule has 7 nitrogen and oxygen atoms in total. The molecule has 1 saturated carbocycles. The molecule has 5 rings (SSSR count). The summed E-state index contributed by atoms with van der Waals surface area (Å²) < 4.78 is 0. The van der Waals surface area contributed by atoms with Gasteiger partial charge in [0.25, 0.3) is 0 Å². The van der Waals surface area contributed by atoms with Crippen molar-refractivity contribution < 1.29 is 4.79 Å². The minimum Gasteiger partial charge on any atom is -0.356 e. The Balaban J connectivity index is 1.41. The summed E-state index contributed by atoms with van der Waals surface area (Å²) in [5.74, 6) is 3.22. The molecule has 2 aromatic heterocycles. The van der Waals surface area contributed by atoms with Crippen LogP contribution in [0.1, 0.15) is 56.2 Å². The Kier molecular flexibility index (Phi) is 4.83. The Hall–Kier alpha value is -2.70. The standard InChI is InChI=1S/C23H30N6O/c1-16-13-25-21(14-24-16)26-20-11-19(18-3-8-28(9-4-18)17(2)30)12-22(27-20)29-10-7-23(15-29)5-6-23/h11-14,18H,3-10,15H2,1-2H3,(H,25,26,27). The van der Waals surface area contributed by atoms with E-state index in [0.29, 0.717) is 17.2 Å². The monoisotopic (exact) mass is 406 g/mol. The Morgan fingerprint density at radius 1 is 1.07 bits per heavy atom. The molecule has 1 spiro atoms. The molecule has 0 unspecified atom stereocenters. The van der Waals surface area contributed by atoms with Crippen LogP contribution in [0.25, 0.3) is 0 Å². The Morgan fingerprint density at radius 3 is 2.50 bits per heavy atom. The lowest BCUT2D eigenvalue weighted by Gasteiger charge is -2.32. The van der Waals surface area contributed by atoms with Crippen LogP contribution in [0.4, 0.5) is 17.5 Å². The normalized spacial score (nSPS) is 20.6. The fourth-order valence-electron chi connectivity index (χ4n) is 4.83. The summed E-state index contributed by atoms with van der Waals surface area (Å²) in [6, 6.07) is 4.43. The van der Waals surface area contributed by atoms with Crippen molar-refractivity contribution in [3.8, 4) is 0 Å². The van der Waals surface area contributed by atoms with Crippen molar-refractivity contribution >= 4 is 23.4 Å². The highest BCUT2D eigenvalue weighted by atomic mass is 16.2. The van der Waals surface area contributed by atoms with Gasteiger partial charge in [0.2, 0.25) is 5.91 Å². The highest BCUT2D eigenvalue weighted by molar-refractivity contribution is 5.73. The smallest absolute Gasteiger partial charge is 0.219 e. The van der Waals surface area contributed by atoms with E-state index in [1.807, 2.05) is 11.8 Å². The minimum atomic E-state index is 0.177.